The number of rotatable bonds is 8. The van der Waals surface area contributed by atoms with Gasteiger partial charge in [-0.25, -0.2) is 0 Å². The van der Waals surface area contributed by atoms with Crippen LogP contribution in [0.1, 0.15) is 47.1 Å². The van der Waals surface area contributed by atoms with Gasteiger partial charge in [0.25, 0.3) is 5.91 Å². The Morgan fingerprint density at radius 3 is 2.63 bits per heavy atom. The number of fused-ring (bicyclic) bond motifs is 1. The van der Waals surface area contributed by atoms with Crippen LogP contribution in [-0.2, 0) is 11.2 Å². The summed E-state index contributed by atoms with van der Waals surface area (Å²) in [6.45, 7) is 4.87. The Morgan fingerprint density at radius 2 is 1.91 bits per heavy atom. The van der Waals surface area contributed by atoms with Crippen molar-refractivity contribution in [2.45, 2.75) is 38.8 Å². The summed E-state index contributed by atoms with van der Waals surface area (Å²) in [5.74, 6) is 0.404. The average molecular weight is 532 g/mol. The molecule has 0 saturated heterocycles. The zero-order chi connectivity index (χ0) is 24.9. The molecule has 2 aromatic carbocycles. The Labute approximate surface area is 220 Å². The molecule has 0 radical (unpaired) electrons. The van der Waals surface area contributed by atoms with Crippen LogP contribution in [0.2, 0.25) is 10.0 Å². The predicted octanol–water partition coefficient (Wildman–Crippen LogP) is 6.50. The van der Waals surface area contributed by atoms with Crippen LogP contribution < -0.4 is 4.74 Å². The van der Waals surface area contributed by atoms with Gasteiger partial charge in [0.15, 0.2) is 0 Å². The monoisotopic (exact) mass is 530 g/mol. The van der Waals surface area contributed by atoms with Crippen molar-refractivity contribution in [3.63, 3.8) is 0 Å². The lowest BCUT2D eigenvalue weighted by Crippen LogP contribution is -2.49. The number of hydrogen-bond acceptors (Lipinski definition) is 4. The van der Waals surface area contributed by atoms with Crippen LogP contribution in [0.4, 0.5) is 0 Å². The van der Waals surface area contributed by atoms with Crippen molar-refractivity contribution in [1.82, 2.24) is 9.80 Å². The molecule has 3 aromatic rings. The van der Waals surface area contributed by atoms with Crippen LogP contribution in [0.3, 0.4) is 0 Å². The van der Waals surface area contributed by atoms with E-state index < -0.39 is 0 Å². The molecular weight excluding hydrogens is 503 g/mol. The maximum atomic E-state index is 13.7. The van der Waals surface area contributed by atoms with E-state index in [1.807, 2.05) is 30.9 Å². The molecule has 0 fully saturated rings. The molecule has 1 aliphatic rings. The zero-order valence-corrected chi connectivity index (χ0v) is 22.1. The van der Waals surface area contributed by atoms with E-state index in [-0.39, 0.29) is 30.4 Å². The molecule has 35 heavy (non-hydrogen) atoms. The van der Waals surface area contributed by atoms with Crippen LogP contribution >= 0.6 is 34.5 Å². The highest BCUT2D eigenvalue weighted by Crippen LogP contribution is 2.34. The van der Waals surface area contributed by atoms with E-state index in [1.54, 1.807) is 52.6 Å². The van der Waals surface area contributed by atoms with Crippen molar-refractivity contribution in [2.75, 3.05) is 19.7 Å². The van der Waals surface area contributed by atoms with Gasteiger partial charge in [0.1, 0.15) is 18.9 Å². The Balaban J connectivity index is 1.54. The molecule has 2 amide bonds. The third kappa shape index (κ3) is 6.00. The van der Waals surface area contributed by atoms with Gasteiger partial charge in [-0.15, -0.1) is 11.3 Å². The summed E-state index contributed by atoms with van der Waals surface area (Å²) in [6, 6.07) is 15.8. The van der Waals surface area contributed by atoms with E-state index >= 15 is 0 Å². The number of hydrogen-bond donors (Lipinski definition) is 0. The van der Waals surface area contributed by atoms with Crippen molar-refractivity contribution in [1.29, 1.82) is 0 Å². The Hall–Kier alpha value is -2.54. The largest absolute Gasteiger partial charge is 0.491 e. The molecule has 4 rings (SSSR count). The number of ether oxygens (including phenoxy) is 1. The van der Waals surface area contributed by atoms with Gasteiger partial charge in [-0.2, -0.15) is 0 Å². The number of halogens is 2. The summed E-state index contributed by atoms with van der Waals surface area (Å²) in [5.41, 5.74) is 1.59. The van der Waals surface area contributed by atoms with Gasteiger partial charge in [0, 0.05) is 33.1 Å². The lowest BCUT2D eigenvalue weighted by molar-refractivity contribution is -0.136. The first-order valence-electron chi connectivity index (χ1n) is 11.7. The fraction of sp³-hybridized carbons (Fsp3) is 0.333. The fourth-order valence-electron chi connectivity index (χ4n) is 4.25. The minimum Gasteiger partial charge on any atom is -0.491 e. The first-order chi connectivity index (χ1) is 16.9. The number of nitrogens with zero attached hydrogens (tertiary/aromatic N) is 2. The van der Waals surface area contributed by atoms with Crippen molar-refractivity contribution in [3.05, 3.63) is 86.0 Å². The minimum atomic E-state index is -0.228. The van der Waals surface area contributed by atoms with Crippen LogP contribution in [-0.4, -0.2) is 47.4 Å². The molecule has 184 valence electrons. The number of amides is 2. The lowest BCUT2D eigenvalue weighted by Gasteiger charge is -2.38. The van der Waals surface area contributed by atoms with E-state index in [1.165, 1.54) is 4.88 Å². The summed E-state index contributed by atoms with van der Waals surface area (Å²) in [6.07, 6.45) is 1.53. The summed E-state index contributed by atoms with van der Waals surface area (Å²) >= 11 is 13.8. The summed E-state index contributed by atoms with van der Waals surface area (Å²) in [5, 5.41) is 3.19. The van der Waals surface area contributed by atoms with Gasteiger partial charge in [-0.1, -0.05) is 36.2 Å². The smallest absolute Gasteiger partial charge is 0.254 e. The van der Waals surface area contributed by atoms with Crippen molar-refractivity contribution in [2.24, 2.45) is 0 Å². The lowest BCUT2D eigenvalue weighted by atomic mass is 10.00. The second kappa shape index (κ2) is 11.5. The van der Waals surface area contributed by atoms with Gasteiger partial charge >= 0.3 is 0 Å². The Kier molecular flexibility index (Phi) is 8.37. The maximum absolute atomic E-state index is 13.7. The molecule has 0 unspecified atom stereocenters. The highest BCUT2D eigenvalue weighted by Gasteiger charge is 2.34. The molecule has 1 aliphatic heterocycles. The molecular formula is C27H28Cl2N2O3S. The maximum Gasteiger partial charge on any atom is 0.254 e. The standard InChI is InChI=1S/C27H28Cl2N2O3S/c1-3-18(2)31(27(33)19-5-4-6-21(29)15-19)16-26(32)30-13-11-25-23(12-14-35-25)24(30)17-34-22-9-7-20(28)8-10-22/h4-10,12,14-15,18,24H,3,11,13,16-17H2,1-2H3/t18-,24+/m0/s1. The Morgan fingerprint density at radius 1 is 1.14 bits per heavy atom. The molecule has 2 atom stereocenters. The van der Waals surface area contributed by atoms with E-state index in [0.717, 1.165) is 18.4 Å². The van der Waals surface area contributed by atoms with Gasteiger partial charge in [-0.3, -0.25) is 9.59 Å². The SMILES string of the molecule is CC[C@H](C)N(CC(=O)N1CCc2sccc2[C@H]1COc1ccc(Cl)cc1)C(=O)c1cccc(Cl)c1. The zero-order valence-electron chi connectivity index (χ0n) is 19.7. The molecule has 0 bridgehead atoms. The molecule has 5 nitrogen and oxygen atoms in total. The molecule has 8 heteroatoms. The van der Waals surface area contributed by atoms with Crippen LogP contribution in [0.25, 0.3) is 0 Å². The molecule has 1 aromatic heterocycles. The van der Waals surface area contributed by atoms with Crippen molar-refractivity contribution >= 4 is 46.4 Å². The van der Waals surface area contributed by atoms with Crippen LogP contribution in [0.15, 0.2) is 60.0 Å². The second-order valence-electron chi connectivity index (χ2n) is 8.62. The Bertz CT molecular complexity index is 1180. The number of carbonyl (C=O) groups is 2. The van der Waals surface area contributed by atoms with Gasteiger partial charge in [0.05, 0.1) is 6.04 Å². The highest BCUT2D eigenvalue weighted by molar-refractivity contribution is 7.10. The van der Waals surface area contributed by atoms with E-state index in [0.29, 0.717) is 34.5 Å². The highest BCUT2D eigenvalue weighted by atomic mass is 35.5. The molecule has 0 N–H and O–H groups in total. The molecule has 2 heterocycles. The van der Waals surface area contributed by atoms with Gasteiger partial charge in [-0.05, 0) is 79.2 Å². The molecule has 0 saturated carbocycles. The van der Waals surface area contributed by atoms with E-state index in [4.69, 9.17) is 27.9 Å². The third-order valence-electron chi connectivity index (χ3n) is 6.40. The molecule has 0 spiro atoms. The summed E-state index contributed by atoms with van der Waals surface area (Å²) < 4.78 is 6.07. The fourth-order valence-corrected chi connectivity index (χ4v) is 5.50. The number of benzene rings is 2. The first-order valence-corrected chi connectivity index (χ1v) is 13.3. The quantitative estimate of drug-likeness (QED) is 0.334. The average Bonchev–Trinajstić information content (AvgIpc) is 3.35. The van der Waals surface area contributed by atoms with E-state index in [9.17, 15) is 9.59 Å². The van der Waals surface area contributed by atoms with Crippen LogP contribution in [0.5, 0.6) is 5.75 Å². The van der Waals surface area contributed by atoms with Crippen molar-refractivity contribution in [3.8, 4) is 5.75 Å². The van der Waals surface area contributed by atoms with E-state index in [2.05, 4.69) is 11.4 Å². The number of thiophene rings is 1. The van der Waals surface area contributed by atoms with Gasteiger partial charge < -0.3 is 14.5 Å². The third-order valence-corrected chi connectivity index (χ3v) is 7.88. The topological polar surface area (TPSA) is 49.9 Å². The normalized spacial score (nSPS) is 15.9. The molecule has 0 aliphatic carbocycles. The minimum absolute atomic E-state index is 0.00271. The predicted molar refractivity (Wildman–Crippen MR) is 142 cm³/mol. The van der Waals surface area contributed by atoms with Gasteiger partial charge in [0.2, 0.25) is 5.91 Å². The summed E-state index contributed by atoms with van der Waals surface area (Å²) in [7, 11) is 0. The summed E-state index contributed by atoms with van der Waals surface area (Å²) in [4.78, 5) is 31.8. The van der Waals surface area contributed by atoms with Crippen molar-refractivity contribution < 1.29 is 14.3 Å². The first kappa shape index (κ1) is 25.5. The second-order valence-corrected chi connectivity index (χ2v) is 10.5. The van der Waals surface area contributed by atoms with Crippen LogP contribution in [0, 0.1) is 0 Å². The number of carbonyl (C=O) groups excluding carboxylic acids is 2.